The monoisotopic (exact) mass is 258 g/mol. The SMILES string of the molecule is c1cc[n+]2c(-c3cccc4cccc[n+]34)cccc2c1. The van der Waals surface area contributed by atoms with Gasteiger partial charge in [0.25, 0.3) is 11.4 Å². The summed E-state index contributed by atoms with van der Waals surface area (Å²) in [6.45, 7) is 0. The van der Waals surface area contributed by atoms with E-state index in [0.717, 1.165) is 0 Å². The van der Waals surface area contributed by atoms with E-state index >= 15 is 0 Å². The summed E-state index contributed by atoms with van der Waals surface area (Å²) in [6.07, 6.45) is 4.21. The number of hydrogen-bond donors (Lipinski definition) is 0. The van der Waals surface area contributed by atoms with Gasteiger partial charge in [0, 0.05) is 48.5 Å². The summed E-state index contributed by atoms with van der Waals surface area (Å²) in [4.78, 5) is 0. The largest absolute Gasteiger partial charge is 0.283 e. The molecule has 0 spiro atoms. The number of nitrogens with zero attached hydrogens (tertiary/aromatic N) is 2. The van der Waals surface area contributed by atoms with Crippen molar-refractivity contribution >= 4 is 11.0 Å². The predicted molar refractivity (Wildman–Crippen MR) is 78.2 cm³/mol. The Kier molecular flexibility index (Phi) is 2.46. The lowest BCUT2D eigenvalue weighted by molar-refractivity contribution is -0.533. The Bertz CT molecular complexity index is 825. The maximum Gasteiger partial charge on any atom is 0.283 e. The van der Waals surface area contributed by atoms with Gasteiger partial charge < -0.3 is 0 Å². The molecule has 0 unspecified atom stereocenters. The van der Waals surface area contributed by atoms with Gasteiger partial charge in [0.2, 0.25) is 11.0 Å². The average molecular weight is 258 g/mol. The number of fused-ring (bicyclic) bond motifs is 2. The standard InChI is InChI=1S/C18H14N2/c1-3-13-19-15(7-1)9-5-11-17(19)18-12-6-10-16-8-2-4-14-20(16)18/h1-14H/q+2. The Labute approximate surface area is 117 Å². The lowest BCUT2D eigenvalue weighted by Crippen LogP contribution is -2.31. The van der Waals surface area contributed by atoms with Crippen LogP contribution in [0.2, 0.25) is 0 Å². The van der Waals surface area contributed by atoms with Gasteiger partial charge in [-0.05, 0) is 24.3 Å². The third-order valence-corrected chi connectivity index (χ3v) is 3.61. The van der Waals surface area contributed by atoms with Crippen LogP contribution in [0, 0.1) is 0 Å². The first-order chi connectivity index (χ1) is 9.93. The highest BCUT2D eigenvalue weighted by Gasteiger charge is 2.20. The number of pyridine rings is 4. The van der Waals surface area contributed by atoms with Crippen LogP contribution in [0.25, 0.3) is 22.4 Å². The molecule has 4 heterocycles. The third kappa shape index (κ3) is 1.66. The van der Waals surface area contributed by atoms with Crippen LogP contribution in [0.1, 0.15) is 0 Å². The highest BCUT2D eigenvalue weighted by atomic mass is 14.9. The molecule has 0 aromatic carbocycles. The number of hydrogen-bond acceptors (Lipinski definition) is 0. The minimum absolute atomic E-state index is 1.19. The number of rotatable bonds is 1. The van der Waals surface area contributed by atoms with Gasteiger partial charge in [0.05, 0.1) is 0 Å². The second kappa shape index (κ2) is 4.42. The minimum atomic E-state index is 1.19. The average Bonchev–Trinajstić information content (AvgIpc) is 2.54. The smallest absolute Gasteiger partial charge is 0.155 e. The zero-order valence-corrected chi connectivity index (χ0v) is 11.0. The second-order valence-electron chi connectivity index (χ2n) is 4.81. The molecule has 0 bridgehead atoms. The van der Waals surface area contributed by atoms with E-state index < -0.39 is 0 Å². The maximum atomic E-state index is 2.22. The quantitative estimate of drug-likeness (QED) is 0.464. The molecule has 0 atom stereocenters. The van der Waals surface area contributed by atoms with Crippen LogP contribution in [0.4, 0.5) is 0 Å². The Morgan fingerprint density at radius 1 is 0.450 bits per heavy atom. The molecule has 0 radical (unpaired) electrons. The fraction of sp³-hybridized carbons (Fsp3) is 0. The lowest BCUT2D eigenvalue weighted by atomic mass is 10.2. The van der Waals surface area contributed by atoms with E-state index in [1.807, 2.05) is 0 Å². The molecule has 20 heavy (non-hydrogen) atoms. The van der Waals surface area contributed by atoms with Gasteiger partial charge >= 0.3 is 0 Å². The predicted octanol–water partition coefficient (Wildman–Crippen LogP) is 2.83. The van der Waals surface area contributed by atoms with Gasteiger partial charge in [-0.15, -0.1) is 0 Å². The Hall–Kier alpha value is -2.74. The van der Waals surface area contributed by atoms with E-state index in [4.69, 9.17) is 0 Å². The summed E-state index contributed by atoms with van der Waals surface area (Å²) in [7, 11) is 0. The van der Waals surface area contributed by atoms with E-state index in [9.17, 15) is 0 Å². The first-order valence-electron chi connectivity index (χ1n) is 6.73. The second-order valence-corrected chi connectivity index (χ2v) is 4.81. The van der Waals surface area contributed by atoms with E-state index in [2.05, 4.69) is 94.0 Å². The summed E-state index contributed by atoms with van der Waals surface area (Å²) in [6, 6.07) is 25.3. The van der Waals surface area contributed by atoms with Crippen molar-refractivity contribution < 1.29 is 8.80 Å². The summed E-state index contributed by atoms with van der Waals surface area (Å²) in [5.41, 5.74) is 4.76. The van der Waals surface area contributed by atoms with Gasteiger partial charge in [-0.3, -0.25) is 0 Å². The molecule has 0 aliphatic rings. The van der Waals surface area contributed by atoms with Crippen molar-refractivity contribution in [3.63, 3.8) is 0 Å². The first kappa shape index (κ1) is 11.1. The van der Waals surface area contributed by atoms with Gasteiger partial charge in [0.1, 0.15) is 0 Å². The van der Waals surface area contributed by atoms with Gasteiger partial charge in [0.15, 0.2) is 12.4 Å². The van der Waals surface area contributed by atoms with Gasteiger partial charge in [-0.25, -0.2) is 0 Å². The van der Waals surface area contributed by atoms with E-state index in [1.165, 1.54) is 22.4 Å². The van der Waals surface area contributed by atoms with Crippen molar-refractivity contribution in [1.82, 2.24) is 0 Å². The normalized spacial score (nSPS) is 11.0. The summed E-state index contributed by atoms with van der Waals surface area (Å²) in [5.74, 6) is 0. The fourth-order valence-electron chi connectivity index (χ4n) is 2.68. The van der Waals surface area contributed by atoms with Crippen molar-refractivity contribution in [1.29, 1.82) is 0 Å². The molecule has 2 heteroatoms. The Morgan fingerprint density at radius 2 is 0.900 bits per heavy atom. The van der Waals surface area contributed by atoms with Crippen LogP contribution in [0.15, 0.2) is 85.2 Å². The molecular weight excluding hydrogens is 244 g/mol. The third-order valence-electron chi connectivity index (χ3n) is 3.61. The van der Waals surface area contributed by atoms with Crippen LogP contribution in [-0.4, -0.2) is 0 Å². The topological polar surface area (TPSA) is 8.20 Å². The molecule has 4 rings (SSSR count). The first-order valence-corrected chi connectivity index (χ1v) is 6.73. The molecule has 0 saturated carbocycles. The van der Waals surface area contributed by atoms with Crippen LogP contribution < -0.4 is 8.80 Å². The minimum Gasteiger partial charge on any atom is -0.155 e. The molecule has 0 N–H and O–H groups in total. The van der Waals surface area contributed by atoms with E-state index in [-0.39, 0.29) is 0 Å². The van der Waals surface area contributed by atoms with Crippen molar-refractivity contribution in [3.05, 3.63) is 85.2 Å². The van der Waals surface area contributed by atoms with Crippen LogP contribution >= 0.6 is 0 Å². The molecule has 0 amide bonds. The highest BCUT2D eigenvalue weighted by Crippen LogP contribution is 2.13. The molecular formula is C18H14N2+2. The lowest BCUT2D eigenvalue weighted by Gasteiger charge is -1.98. The Balaban J connectivity index is 2.12. The van der Waals surface area contributed by atoms with Crippen LogP contribution in [0.5, 0.6) is 0 Å². The van der Waals surface area contributed by atoms with Gasteiger partial charge in [-0.2, -0.15) is 8.80 Å². The van der Waals surface area contributed by atoms with Crippen molar-refractivity contribution in [2.75, 3.05) is 0 Å². The molecule has 0 saturated heterocycles. The molecule has 0 aliphatic heterocycles. The van der Waals surface area contributed by atoms with Crippen molar-refractivity contribution in [2.24, 2.45) is 0 Å². The highest BCUT2D eigenvalue weighted by molar-refractivity contribution is 5.53. The molecule has 0 fully saturated rings. The van der Waals surface area contributed by atoms with Crippen molar-refractivity contribution in [2.45, 2.75) is 0 Å². The van der Waals surface area contributed by atoms with E-state index in [1.54, 1.807) is 0 Å². The van der Waals surface area contributed by atoms with Crippen LogP contribution in [0.3, 0.4) is 0 Å². The maximum absolute atomic E-state index is 2.22. The molecule has 94 valence electrons. The molecule has 2 nitrogen and oxygen atoms in total. The van der Waals surface area contributed by atoms with Gasteiger partial charge in [-0.1, -0.05) is 0 Å². The van der Waals surface area contributed by atoms with E-state index in [0.29, 0.717) is 0 Å². The molecule has 0 aliphatic carbocycles. The Morgan fingerprint density at radius 3 is 1.40 bits per heavy atom. The summed E-state index contributed by atoms with van der Waals surface area (Å²) < 4.78 is 4.43. The molecule has 4 aromatic rings. The number of aromatic nitrogens is 2. The zero-order chi connectivity index (χ0) is 13.4. The molecule has 4 aromatic heterocycles. The summed E-state index contributed by atoms with van der Waals surface area (Å²) in [5, 5.41) is 0. The van der Waals surface area contributed by atoms with Crippen LogP contribution in [-0.2, 0) is 0 Å². The summed E-state index contributed by atoms with van der Waals surface area (Å²) >= 11 is 0. The fourth-order valence-corrected chi connectivity index (χ4v) is 2.68. The van der Waals surface area contributed by atoms with Crippen molar-refractivity contribution in [3.8, 4) is 11.4 Å². The zero-order valence-electron chi connectivity index (χ0n) is 11.0.